The van der Waals surface area contributed by atoms with Crippen LogP contribution in [0.2, 0.25) is 5.02 Å². The van der Waals surface area contributed by atoms with Gasteiger partial charge >= 0.3 is 12.3 Å². The highest BCUT2D eigenvalue weighted by molar-refractivity contribution is 6.31. The average Bonchev–Trinajstić information content (AvgIpc) is 3.38. The van der Waals surface area contributed by atoms with Crippen molar-refractivity contribution in [2.24, 2.45) is 0 Å². The molecule has 3 heterocycles. The molecule has 1 fully saturated rings. The van der Waals surface area contributed by atoms with Crippen molar-refractivity contribution in [2.45, 2.75) is 58.4 Å². The molecule has 1 saturated heterocycles. The molecular weight excluding hydrogens is 635 g/mol. The predicted octanol–water partition coefficient (Wildman–Crippen LogP) is 6.44. The molecule has 14 heteroatoms. The normalized spacial score (nSPS) is 15.1. The van der Waals surface area contributed by atoms with Crippen LogP contribution in [0.5, 0.6) is 0 Å². The van der Waals surface area contributed by atoms with Gasteiger partial charge in [-0.05, 0) is 94.5 Å². The van der Waals surface area contributed by atoms with Crippen LogP contribution in [-0.4, -0.2) is 51.3 Å². The van der Waals surface area contributed by atoms with Crippen LogP contribution in [0, 0.1) is 18.8 Å². The Hall–Kier alpha value is -4.96. The first-order chi connectivity index (χ1) is 22.1. The number of nitrogens with zero attached hydrogens (tertiary/aromatic N) is 4. The molecule has 2 amide bonds. The molecule has 5 rings (SSSR count). The summed E-state index contributed by atoms with van der Waals surface area (Å²) in [4.78, 5) is 31.9. The Bertz CT molecular complexity index is 1910. The number of ether oxygens (including phenoxy) is 1. The first-order valence-electron chi connectivity index (χ1n) is 14.8. The molecule has 0 bridgehead atoms. The fourth-order valence-corrected chi connectivity index (χ4v) is 5.39. The van der Waals surface area contributed by atoms with Crippen LogP contribution in [0.25, 0.3) is 5.65 Å². The molecule has 4 N–H and O–H groups in total. The van der Waals surface area contributed by atoms with Crippen molar-refractivity contribution in [3.8, 4) is 11.8 Å². The van der Waals surface area contributed by atoms with Crippen molar-refractivity contribution in [3.05, 3.63) is 81.6 Å². The Morgan fingerprint density at radius 3 is 2.60 bits per heavy atom. The van der Waals surface area contributed by atoms with Crippen LogP contribution in [0.3, 0.4) is 0 Å². The number of fused-ring (bicyclic) bond motifs is 1. The minimum absolute atomic E-state index is 0.110. The second-order valence-corrected chi connectivity index (χ2v) is 12.6. The van der Waals surface area contributed by atoms with E-state index in [0.717, 1.165) is 31.5 Å². The van der Waals surface area contributed by atoms with E-state index in [2.05, 4.69) is 32.4 Å². The maximum absolute atomic E-state index is 13.3. The van der Waals surface area contributed by atoms with Gasteiger partial charge < -0.3 is 26.0 Å². The van der Waals surface area contributed by atoms with Gasteiger partial charge in [0.05, 0.1) is 11.8 Å². The van der Waals surface area contributed by atoms with Crippen molar-refractivity contribution < 1.29 is 27.5 Å². The first kappa shape index (κ1) is 33.4. The quantitative estimate of drug-likeness (QED) is 0.169. The van der Waals surface area contributed by atoms with E-state index in [9.17, 15) is 22.8 Å². The van der Waals surface area contributed by atoms with E-state index in [-0.39, 0.29) is 28.0 Å². The highest BCUT2D eigenvalue weighted by Gasteiger charge is 2.31. The van der Waals surface area contributed by atoms with Gasteiger partial charge in [0.1, 0.15) is 17.1 Å². The molecule has 1 aliphatic rings. The number of carbonyl (C=O) groups excluding carboxylic acids is 2. The minimum Gasteiger partial charge on any atom is -0.444 e. The number of benzene rings is 2. The zero-order valence-electron chi connectivity index (χ0n) is 26.1. The number of imidazole rings is 1. The van der Waals surface area contributed by atoms with Crippen molar-refractivity contribution in [1.82, 2.24) is 19.9 Å². The summed E-state index contributed by atoms with van der Waals surface area (Å²) < 4.78 is 46.8. The van der Waals surface area contributed by atoms with E-state index < -0.39 is 29.3 Å². The number of halogens is 4. The molecule has 0 saturated carbocycles. The van der Waals surface area contributed by atoms with Crippen molar-refractivity contribution in [2.75, 3.05) is 29.0 Å². The third-order valence-electron chi connectivity index (χ3n) is 7.30. The molecule has 0 radical (unpaired) electrons. The molecule has 2 aromatic heterocycles. The summed E-state index contributed by atoms with van der Waals surface area (Å²) in [5.41, 5.74) is 6.74. The van der Waals surface area contributed by atoms with Gasteiger partial charge in [-0.1, -0.05) is 17.5 Å². The van der Waals surface area contributed by atoms with Crippen LogP contribution in [0.15, 0.2) is 48.7 Å². The molecule has 0 aliphatic carbocycles. The SMILES string of the molecule is Cc1c(C#Cc2cnc3ccc(N4CCC[C@H](NC(=O)OC(C)(C)C)C4)nn23)cc(N)cc1C(=O)Nc1cc(Cl)cc(C(F)(F)F)c1. The van der Waals surface area contributed by atoms with Gasteiger partial charge in [0, 0.05) is 46.7 Å². The van der Waals surface area contributed by atoms with Gasteiger partial charge in [0.2, 0.25) is 0 Å². The lowest BCUT2D eigenvalue weighted by atomic mass is 10.0. The maximum atomic E-state index is 13.3. The summed E-state index contributed by atoms with van der Waals surface area (Å²) in [5.74, 6) is 6.10. The van der Waals surface area contributed by atoms with Crippen LogP contribution < -0.4 is 21.3 Å². The molecule has 47 heavy (non-hydrogen) atoms. The largest absolute Gasteiger partial charge is 0.444 e. The molecular formula is C33H33ClF3N7O3. The fraction of sp³-hybridized carbons (Fsp3) is 0.333. The standard InChI is InChI=1S/C33H33ClF3N7O3/c1-19-20(12-23(38)16-27(19)30(45)40-25-14-21(33(35,36)37)13-22(34)15-25)7-8-26-17-39-28-9-10-29(42-44(26)28)43-11-5-6-24(18-43)41-31(46)47-32(2,3)4/h9-10,12-17,24H,5-6,11,18,38H2,1-4H3,(H,40,45)(H,41,46)/t24-/m0/s1. The number of amides is 2. The smallest absolute Gasteiger partial charge is 0.416 e. The van der Waals surface area contributed by atoms with Crippen LogP contribution in [-0.2, 0) is 10.9 Å². The fourth-order valence-electron chi connectivity index (χ4n) is 5.15. The van der Waals surface area contributed by atoms with E-state index in [0.29, 0.717) is 34.8 Å². The monoisotopic (exact) mass is 667 g/mol. The van der Waals surface area contributed by atoms with Gasteiger partial charge in [-0.3, -0.25) is 4.79 Å². The number of hydrogen-bond acceptors (Lipinski definition) is 7. The number of nitrogen functional groups attached to an aromatic ring is 1. The third-order valence-corrected chi connectivity index (χ3v) is 7.52. The molecule has 4 aromatic rings. The van der Waals surface area contributed by atoms with E-state index >= 15 is 0 Å². The number of nitrogens with two attached hydrogens (primary N) is 1. The van der Waals surface area contributed by atoms with Crippen LogP contribution in [0.4, 0.5) is 35.2 Å². The lowest BCUT2D eigenvalue weighted by molar-refractivity contribution is -0.137. The van der Waals surface area contributed by atoms with E-state index in [4.69, 9.17) is 27.2 Å². The number of alkyl halides is 3. The van der Waals surface area contributed by atoms with Gasteiger partial charge in [-0.15, -0.1) is 5.10 Å². The molecule has 1 atom stereocenters. The van der Waals surface area contributed by atoms with Crippen molar-refractivity contribution in [3.63, 3.8) is 0 Å². The average molecular weight is 668 g/mol. The zero-order valence-corrected chi connectivity index (χ0v) is 26.9. The second kappa shape index (κ2) is 13.0. The molecule has 1 aliphatic heterocycles. The molecule has 0 unspecified atom stereocenters. The molecule has 0 spiro atoms. The number of alkyl carbamates (subject to hydrolysis) is 1. The third kappa shape index (κ3) is 8.26. The van der Waals surface area contributed by atoms with Crippen LogP contribution in [0.1, 0.15) is 66.4 Å². The van der Waals surface area contributed by atoms with Crippen molar-refractivity contribution in [1.29, 1.82) is 0 Å². The highest BCUT2D eigenvalue weighted by atomic mass is 35.5. The number of rotatable bonds is 4. The predicted molar refractivity (Wildman–Crippen MR) is 174 cm³/mol. The maximum Gasteiger partial charge on any atom is 0.416 e. The van der Waals surface area contributed by atoms with Gasteiger partial charge in [0.25, 0.3) is 5.91 Å². The number of hydrogen-bond donors (Lipinski definition) is 3. The molecule has 246 valence electrons. The summed E-state index contributed by atoms with van der Waals surface area (Å²) in [7, 11) is 0. The Morgan fingerprint density at radius 1 is 1.11 bits per heavy atom. The summed E-state index contributed by atoms with van der Waals surface area (Å²) in [5, 5.41) is 10.0. The van der Waals surface area contributed by atoms with Gasteiger partial charge in [0.15, 0.2) is 5.65 Å². The Kier molecular flexibility index (Phi) is 9.27. The molecule has 10 nitrogen and oxygen atoms in total. The zero-order chi connectivity index (χ0) is 34.1. The first-order valence-corrected chi connectivity index (χ1v) is 15.1. The summed E-state index contributed by atoms with van der Waals surface area (Å²) in [6, 6.07) is 9.42. The lowest BCUT2D eigenvalue weighted by Crippen LogP contribution is -2.49. The topological polar surface area (TPSA) is 127 Å². The van der Waals surface area contributed by atoms with Crippen molar-refractivity contribution >= 4 is 46.4 Å². The lowest BCUT2D eigenvalue weighted by Gasteiger charge is -2.34. The van der Waals surface area contributed by atoms with Gasteiger partial charge in [-0.2, -0.15) is 13.2 Å². The number of anilines is 3. The number of carbonyl (C=O) groups is 2. The van der Waals surface area contributed by atoms with E-state index in [1.54, 1.807) is 23.7 Å². The summed E-state index contributed by atoms with van der Waals surface area (Å²) in [6.07, 6.45) is -1.86. The van der Waals surface area contributed by atoms with E-state index in [1.165, 1.54) is 12.1 Å². The number of aromatic nitrogens is 3. The Morgan fingerprint density at radius 2 is 1.87 bits per heavy atom. The Labute approximate surface area is 274 Å². The van der Waals surface area contributed by atoms with Crippen LogP contribution >= 0.6 is 11.6 Å². The number of nitrogens with one attached hydrogen (secondary N) is 2. The summed E-state index contributed by atoms with van der Waals surface area (Å²) in [6.45, 7) is 8.41. The minimum atomic E-state index is -4.64. The molecule has 2 aromatic carbocycles. The number of piperidine rings is 1. The van der Waals surface area contributed by atoms with E-state index in [1.807, 2.05) is 32.9 Å². The second-order valence-electron chi connectivity index (χ2n) is 12.2. The highest BCUT2D eigenvalue weighted by Crippen LogP contribution is 2.33. The summed E-state index contributed by atoms with van der Waals surface area (Å²) >= 11 is 5.87. The van der Waals surface area contributed by atoms with Gasteiger partial charge in [-0.25, -0.2) is 14.3 Å². The Balaban J connectivity index is 1.37.